The van der Waals surface area contributed by atoms with Crippen LogP contribution in [0.1, 0.15) is 0 Å². The first-order valence-electron chi connectivity index (χ1n) is 0. The minimum atomic E-state index is 0. The molecule has 0 N–H and O–H groups in total. The summed E-state index contributed by atoms with van der Waals surface area (Å²) in [5.74, 6) is 0. The Balaban J connectivity index is 0. The van der Waals surface area contributed by atoms with Gasteiger partial charge in [-0.1, -0.05) is 0 Å². The molecule has 0 aromatic rings. The largest absolute Gasteiger partial charge is 0.358 e. The van der Waals surface area contributed by atoms with Gasteiger partial charge in [0.15, 0.2) is 0 Å². The van der Waals surface area contributed by atoms with Gasteiger partial charge in [-0.05, 0) is 0 Å². The van der Waals surface area contributed by atoms with Gasteiger partial charge in [0.05, 0.1) is 0 Å². The SMILES string of the molecule is [CH3-].[CH3-].[Ti].[Ti]. The van der Waals surface area contributed by atoms with E-state index in [-0.39, 0.29) is 58.3 Å². The van der Waals surface area contributed by atoms with E-state index >= 15 is 0 Å². The first-order valence-corrected chi connectivity index (χ1v) is 0. The van der Waals surface area contributed by atoms with Crippen LogP contribution in [0, 0.1) is 14.9 Å². The zero-order chi connectivity index (χ0) is 0. The molecule has 0 aliphatic heterocycles. The molecule has 0 aliphatic carbocycles. The van der Waals surface area contributed by atoms with Crippen molar-refractivity contribution in [2.45, 2.75) is 0 Å². The van der Waals surface area contributed by atoms with Crippen molar-refractivity contribution in [2.75, 3.05) is 0 Å². The Morgan fingerprint density at radius 2 is 0.500 bits per heavy atom. The summed E-state index contributed by atoms with van der Waals surface area (Å²) in [7, 11) is 0. The zero-order valence-electron chi connectivity index (χ0n) is 3.00. The van der Waals surface area contributed by atoms with Crippen molar-refractivity contribution >= 4 is 0 Å². The molecule has 0 spiro atoms. The quantitative estimate of drug-likeness (QED) is 0.334. The fraction of sp³-hybridized carbons (Fsp3) is 0. The minimum absolute atomic E-state index is 0. The number of hydrogen-bond acceptors (Lipinski definition) is 0. The molecule has 0 aromatic heterocycles. The van der Waals surface area contributed by atoms with Gasteiger partial charge in [0.25, 0.3) is 0 Å². The van der Waals surface area contributed by atoms with Gasteiger partial charge in [-0.3, -0.25) is 0 Å². The van der Waals surface area contributed by atoms with Crippen LogP contribution in [-0.4, -0.2) is 0 Å². The van der Waals surface area contributed by atoms with Crippen LogP contribution >= 0.6 is 0 Å². The predicted octanol–water partition coefficient (Wildman–Crippen LogP) is 0.896. The van der Waals surface area contributed by atoms with Crippen molar-refractivity contribution < 1.29 is 43.4 Å². The molecule has 0 atom stereocenters. The van der Waals surface area contributed by atoms with Gasteiger partial charge >= 0.3 is 0 Å². The van der Waals surface area contributed by atoms with Crippen LogP contribution in [0.25, 0.3) is 0 Å². The van der Waals surface area contributed by atoms with E-state index in [0.29, 0.717) is 0 Å². The van der Waals surface area contributed by atoms with Crippen LogP contribution < -0.4 is 0 Å². The number of hydrogen-bond donors (Lipinski definition) is 0. The third kappa shape index (κ3) is 9.91. The Morgan fingerprint density at radius 3 is 0.500 bits per heavy atom. The molecule has 0 amide bonds. The van der Waals surface area contributed by atoms with E-state index in [1.807, 2.05) is 0 Å². The van der Waals surface area contributed by atoms with Gasteiger partial charge < -0.3 is 14.9 Å². The molecule has 4 heavy (non-hydrogen) atoms. The molecule has 0 aliphatic rings. The molecule has 0 saturated carbocycles. The van der Waals surface area contributed by atoms with Crippen molar-refractivity contribution in [1.82, 2.24) is 0 Å². The smallest absolute Gasteiger partial charge is 0 e. The predicted molar refractivity (Wildman–Crippen MR) is 12.8 cm³/mol. The van der Waals surface area contributed by atoms with Crippen LogP contribution in [0.5, 0.6) is 0 Å². The van der Waals surface area contributed by atoms with Crippen molar-refractivity contribution in [1.29, 1.82) is 0 Å². The fourth-order valence-corrected chi connectivity index (χ4v) is 0. The second kappa shape index (κ2) is 25.5. The Morgan fingerprint density at radius 1 is 0.500 bits per heavy atom. The molecule has 0 saturated heterocycles. The Bertz CT molecular complexity index is 4.00. The Hall–Kier alpha value is 1.43. The van der Waals surface area contributed by atoms with Crippen LogP contribution in [0.15, 0.2) is 0 Å². The third-order valence-electron chi connectivity index (χ3n) is 0. The first kappa shape index (κ1) is 52.2. The first-order chi connectivity index (χ1) is 0. The molecule has 0 radical (unpaired) electrons. The topological polar surface area (TPSA) is 0 Å². The molecule has 24 valence electrons. The maximum atomic E-state index is 0. The van der Waals surface area contributed by atoms with E-state index in [1.54, 1.807) is 0 Å². The normalized spacial score (nSPS) is 0. The second-order valence-electron chi connectivity index (χ2n) is 0. The minimum Gasteiger partial charge on any atom is -0.358 e. The van der Waals surface area contributed by atoms with E-state index in [0.717, 1.165) is 0 Å². The van der Waals surface area contributed by atoms with Gasteiger partial charge in [0.1, 0.15) is 0 Å². The van der Waals surface area contributed by atoms with Crippen LogP contribution in [0.4, 0.5) is 0 Å². The molecule has 2 heteroatoms. The number of rotatable bonds is 0. The van der Waals surface area contributed by atoms with Gasteiger partial charge in [0, 0.05) is 43.4 Å². The van der Waals surface area contributed by atoms with Crippen molar-refractivity contribution in [3.8, 4) is 0 Å². The summed E-state index contributed by atoms with van der Waals surface area (Å²) in [6, 6.07) is 0. The average molecular weight is 126 g/mol. The molecular weight excluding hydrogens is 120 g/mol. The van der Waals surface area contributed by atoms with Gasteiger partial charge in [-0.2, -0.15) is 0 Å². The molecule has 0 unspecified atom stereocenters. The Kier molecular flexibility index (Phi) is 333. The summed E-state index contributed by atoms with van der Waals surface area (Å²) in [5.41, 5.74) is 0. The summed E-state index contributed by atoms with van der Waals surface area (Å²) < 4.78 is 0. The molecule has 0 nitrogen and oxygen atoms in total. The standard InChI is InChI=1S/2CH3.2Ti/h2*1H3;;/q2*-1;;. The molecule has 0 fully saturated rings. The van der Waals surface area contributed by atoms with Crippen LogP contribution in [0.3, 0.4) is 0 Å². The van der Waals surface area contributed by atoms with E-state index in [9.17, 15) is 0 Å². The molecule has 0 bridgehead atoms. The van der Waals surface area contributed by atoms with Crippen molar-refractivity contribution in [3.63, 3.8) is 0 Å². The van der Waals surface area contributed by atoms with Crippen LogP contribution in [0.2, 0.25) is 0 Å². The van der Waals surface area contributed by atoms with E-state index in [2.05, 4.69) is 0 Å². The molecule has 0 rings (SSSR count). The maximum absolute atomic E-state index is 0. The van der Waals surface area contributed by atoms with Gasteiger partial charge in [-0.15, -0.1) is 0 Å². The zero-order valence-corrected chi connectivity index (χ0v) is 6.12. The molecular formula is C2H6Ti2-2. The van der Waals surface area contributed by atoms with Crippen molar-refractivity contribution in [2.24, 2.45) is 0 Å². The maximum Gasteiger partial charge on any atom is 0 e. The third-order valence-corrected chi connectivity index (χ3v) is 0. The van der Waals surface area contributed by atoms with E-state index in [1.165, 1.54) is 0 Å². The summed E-state index contributed by atoms with van der Waals surface area (Å²) in [4.78, 5) is 0. The summed E-state index contributed by atoms with van der Waals surface area (Å²) in [6.45, 7) is 0. The van der Waals surface area contributed by atoms with Gasteiger partial charge in [-0.25, -0.2) is 0 Å². The summed E-state index contributed by atoms with van der Waals surface area (Å²) >= 11 is 0. The molecule has 0 heterocycles. The summed E-state index contributed by atoms with van der Waals surface area (Å²) in [6.07, 6.45) is 0. The monoisotopic (exact) mass is 126 g/mol. The summed E-state index contributed by atoms with van der Waals surface area (Å²) in [5, 5.41) is 0. The van der Waals surface area contributed by atoms with Gasteiger partial charge in [0.2, 0.25) is 0 Å². The Labute approximate surface area is 58.1 Å². The average Bonchev–Trinajstić information content (AvgIpc) is 0. The fourth-order valence-electron chi connectivity index (χ4n) is 0. The van der Waals surface area contributed by atoms with Crippen molar-refractivity contribution in [3.05, 3.63) is 14.9 Å². The van der Waals surface area contributed by atoms with E-state index < -0.39 is 0 Å². The van der Waals surface area contributed by atoms with Crippen LogP contribution in [-0.2, 0) is 43.4 Å². The van der Waals surface area contributed by atoms with E-state index in [4.69, 9.17) is 0 Å². The molecule has 0 aromatic carbocycles. The second-order valence-corrected chi connectivity index (χ2v) is 0.